The quantitative estimate of drug-likeness (QED) is 0.595. The van der Waals surface area contributed by atoms with E-state index in [0.29, 0.717) is 12.8 Å². The van der Waals surface area contributed by atoms with Crippen LogP contribution in [0.15, 0.2) is 24.3 Å². The number of nitrogens with one attached hydrogen (secondary N) is 1. The molecule has 1 aliphatic carbocycles. The first-order valence-electron chi connectivity index (χ1n) is 6.48. The minimum Gasteiger partial charge on any atom is -0.508 e. The maximum atomic E-state index is 12.0. The van der Waals surface area contributed by atoms with Crippen molar-refractivity contribution in [3.63, 3.8) is 0 Å². The number of aliphatic carboxylic acids is 1. The van der Waals surface area contributed by atoms with Gasteiger partial charge in [-0.3, -0.25) is 4.79 Å². The molecule has 6 nitrogen and oxygen atoms in total. The van der Waals surface area contributed by atoms with Crippen molar-refractivity contribution < 1.29 is 19.8 Å². The Bertz CT molecular complexity index is 508. The van der Waals surface area contributed by atoms with E-state index in [1.165, 1.54) is 12.1 Å². The lowest BCUT2D eigenvalue weighted by Gasteiger charge is -2.18. The maximum Gasteiger partial charge on any atom is 0.326 e. The van der Waals surface area contributed by atoms with Crippen molar-refractivity contribution in [1.29, 1.82) is 0 Å². The standard InChI is InChI=1S/C14H18N2O4/c15-8-14(5-6-14)13(20)16-11(12(18)19)7-9-1-3-10(17)4-2-9/h1-4,11,17H,5-8,15H2,(H,16,20)(H,18,19)/t11-/m0/s1. The van der Waals surface area contributed by atoms with Gasteiger partial charge in [0.1, 0.15) is 11.8 Å². The third kappa shape index (κ3) is 3.08. The molecule has 0 aromatic heterocycles. The van der Waals surface area contributed by atoms with Crippen molar-refractivity contribution >= 4 is 11.9 Å². The molecule has 1 aromatic rings. The first kappa shape index (κ1) is 14.3. The predicted molar refractivity (Wildman–Crippen MR) is 72.1 cm³/mol. The van der Waals surface area contributed by atoms with E-state index in [1.807, 2.05) is 0 Å². The number of rotatable bonds is 6. The normalized spacial score (nSPS) is 17.2. The van der Waals surface area contributed by atoms with Crippen LogP contribution in [0.4, 0.5) is 0 Å². The molecule has 1 aliphatic rings. The summed E-state index contributed by atoms with van der Waals surface area (Å²) >= 11 is 0. The van der Waals surface area contributed by atoms with Crippen LogP contribution in [0.25, 0.3) is 0 Å². The minimum atomic E-state index is -1.08. The number of amides is 1. The summed E-state index contributed by atoms with van der Waals surface area (Å²) < 4.78 is 0. The highest BCUT2D eigenvalue weighted by Gasteiger charge is 2.49. The van der Waals surface area contributed by atoms with Gasteiger partial charge >= 0.3 is 5.97 Å². The number of nitrogens with two attached hydrogens (primary N) is 1. The predicted octanol–water partition coefficient (Wildman–Crippen LogP) is 0.243. The zero-order valence-electron chi connectivity index (χ0n) is 11.0. The number of phenols is 1. The highest BCUT2D eigenvalue weighted by molar-refractivity contribution is 5.89. The number of carboxylic acid groups (broad SMARTS) is 1. The third-order valence-electron chi connectivity index (χ3n) is 3.71. The van der Waals surface area contributed by atoms with Crippen LogP contribution in [0.1, 0.15) is 18.4 Å². The van der Waals surface area contributed by atoms with Crippen LogP contribution in [0.2, 0.25) is 0 Å². The largest absolute Gasteiger partial charge is 0.508 e. The van der Waals surface area contributed by atoms with Crippen LogP contribution in [0.5, 0.6) is 5.75 Å². The number of carbonyl (C=O) groups is 2. The second kappa shape index (κ2) is 5.50. The number of hydrogen-bond donors (Lipinski definition) is 4. The van der Waals surface area contributed by atoms with Gasteiger partial charge in [0, 0.05) is 13.0 Å². The average Bonchev–Trinajstić information content (AvgIpc) is 3.21. The van der Waals surface area contributed by atoms with E-state index in [4.69, 9.17) is 5.73 Å². The highest BCUT2D eigenvalue weighted by Crippen LogP contribution is 2.44. The molecule has 0 radical (unpaired) electrons. The maximum absolute atomic E-state index is 12.0. The van der Waals surface area contributed by atoms with Crippen LogP contribution in [0, 0.1) is 5.41 Å². The first-order valence-corrected chi connectivity index (χ1v) is 6.48. The SMILES string of the molecule is NCC1(C(=O)N[C@@H](Cc2ccc(O)cc2)C(=O)O)CC1. The van der Waals surface area contributed by atoms with Gasteiger partial charge in [-0.2, -0.15) is 0 Å². The van der Waals surface area contributed by atoms with Gasteiger partial charge in [-0.15, -0.1) is 0 Å². The summed E-state index contributed by atoms with van der Waals surface area (Å²) in [6.45, 7) is 0.240. The van der Waals surface area contributed by atoms with E-state index in [1.54, 1.807) is 12.1 Å². The van der Waals surface area contributed by atoms with Crippen molar-refractivity contribution in [2.45, 2.75) is 25.3 Å². The molecule has 1 saturated carbocycles. The number of carbonyl (C=O) groups excluding carboxylic acids is 1. The van der Waals surface area contributed by atoms with Crippen LogP contribution in [-0.4, -0.2) is 34.7 Å². The highest BCUT2D eigenvalue weighted by atomic mass is 16.4. The summed E-state index contributed by atoms with van der Waals surface area (Å²) in [7, 11) is 0. The van der Waals surface area contributed by atoms with E-state index < -0.39 is 17.4 Å². The van der Waals surface area contributed by atoms with Crippen molar-refractivity contribution in [3.05, 3.63) is 29.8 Å². The van der Waals surface area contributed by atoms with Gasteiger partial charge in [0.15, 0.2) is 0 Å². The number of phenolic OH excluding ortho intramolecular Hbond substituents is 1. The summed E-state index contributed by atoms with van der Waals surface area (Å²) in [6.07, 6.45) is 1.59. The molecule has 0 saturated heterocycles. The van der Waals surface area contributed by atoms with Crippen LogP contribution in [0.3, 0.4) is 0 Å². The van der Waals surface area contributed by atoms with E-state index in [2.05, 4.69) is 5.32 Å². The molecule has 0 spiro atoms. The molecule has 6 heteroatoms. The van der Waals surface area contributed by atoms with E-state index >= 15 is 0 Å². The minimum absolute atomic E-state index is 0.115. The average molecular weight is 278 g/mol. The fraction of sp³-hybridized carbons (Fsp3) is 0.429. The Morgan fingerprint density at radius 3 is 2.35 bits per heavy atom. The fourth-order valence-corrected chi connectivity index (χ4v) is 2.05. The van der Waals surface area contributed by atoms with Gasteiger partial charge in [0.2, 0.25) is 5.91 Å². The first-order chi connectivity index (χ1) is 9.47. The molecule has 5 N–H and O–H groups in total. The zero-order valence-corrected chi connectivity index (χ0v) is 11.0. The van der Waals surface area contributed by atoms with Crippen LogP contribution >= 0.6 is 0 Å². The Hall–Kier alpha value is -2.08. The summed E-state index contributed by atoms with van der Waals surface area (Å²) in [6, 6.07) is 5.24. The number of hydrogen-bond acceptors (Lipinski definition) is 4. The van der Waals surface area contributed by atoms with Gasteiger partial charge in [-0.25, -0.2) is 4.79 Å². The van der Waals surface area contributed by atoms with Crippen molar-refractivity contribution in [2.75, 3.05) is 6.54 Å². The summed E-state index contributed by atoms with van der Waals surface area (Å²) in [4.78, 5) is 23.3. The molecule has 2 rings (SSSR count). The monoisotopic (exact) mass is 278 g/mol. The topological polar surface area (TPSA) is 113 Å². The molecule has 1 amide bonds. The van der Waals surface area contributed by atoms with Gasteiger partial charge in [0.05, 0.1) is 5.41 Å². The lowest BCUT2D eigenvalue weighted by atomic mass is 10.0. The third-order valence-corrected chi connectivity index (χ3v) is 3.71. The van der Waals surface area contributed by atoms with E-state index in [9.17, 15) is 19.8 Å². The molecule has 1 fully saturated rings. The number of carboxylic acids is 1. The summed E-state index contributed by atoms with van der Waals surface area (Å²) in [5, 5.41) is 20.9. The molecular weight excluding hydrogens is 260 g/mol. The molecular formula is C14H18N2O4. The Labute approximate surface area is 116 Å². The van der Waals surface area contributed by atoms with Gasteiger partial charge in [-0.1, -0.05) is 12.1 Å². The Balaban J connectivity index is 2.02. The Morgan fingerprint density at radius 1 is 1.30 bits per heavy atom. The lowest BCUT2D eigenvalue weighted by molar-refractivity contribution is -0.142. The van der Waals surface area contributed by atoms with Gasteiger partial charge in [-0.05, 0) is 30.5 Å². The molecule has 20 heavy (non-hydrogen) atoms. The molecule has 0 heterocycles. The van der Waals surface area contributed by atoms with Crippen LogP contribution in [-0.2, 0) is 16.0 Å². The number of benzene rings is 1. The van der Waals surface area contributed by atoms with Gasteiger partial charge in [0.25, 0.3) is 0 Å². The molecule has 0 aliphatic heterocycles. The molecule has 0 bridgehead atoms. The summed E-state index contributed by atoms with van der Waals surface area (Å²) in [5.41, 5.74) is 5.72. The molecule has 0 unspecified atom stereocenters. The molecule has 1 atom stereocenters. The van der Waals surface area contributed by atoms with Crippen molar-refractivity contribution in [2.24, 2.45) is 11.1 Å². The second-order valence-corrected chi connectivity index (χ2v) is 5.22. The Morgan fingerprint density at radius 2 is 1.90 bits per heavy atom. The zero-order chi connectivity index (χ0) is 14.8. The fourth-order valence-electron chi connectivity index (χ4n) is 2.05. The molecule has 108 valence electrons. The molecule has 1 aromatic carbocycles. The lowest BCUT2D eigenvalue weighted by Crippen LogP contribution is -2.47. The summed E-state index contributed by atoms with van der Waals surface area (Å²) in [5.74, 6) is -1.25. The van der Waals surface area contributed by atoms with E-state index in [0.717, 1.165) is 5.56 Å². The van der Waals surface area contributed by atoms with Crippen molar-refractivity contribution in [3.8, 4) is 5.75 Å². The van der Waals surface area contributed by atoms with E-state index in [-0.39, 0.29) is 24.6 Å². The Kier molecular flexibility index (Phi) is 3.94. The smallest absolute Gasteiger partial charge is 0.326 e. The van der Waals surface area contributed by atoms with Gasteiger partial charge < -0.3 is 21.3 Å². The number of aromatic hydroxyl groups is 1. The second-order valence-electron chi connectivity index (χ2n) is 5.22. The van der Waals surface area contributed by atoms with Crippen molar-refractivity contribution in [1.82, 2.24) is 5.32 Å². The van der Waals surface area contributed by atoms with Crippen LogP contribution < -0.4 is 11.1 Å².